The van der Waals surface area contributed by atoms with Crippen molar-refractivity contribution in [1.82, 2.24) is 10.3 Å². The average Bonchev–Trinajstić information content (AvgIpc) is 3.02. The Balaban J connectivity index is 1.81. The van der Waals surface area contributed by atoms with Gasteiger partial charge in [0.1, 0.15) is 0 Å². The Hall–Kier alpha value is -2.40. The molecule has 0 unspecified atom stereocenters. The number of rotatable bonds is 3. The summed E-state index contributed by atoms with van der Waals surface area (Å²) in [4.78, 5) is 29.1. The number of amides is 2. The Bertz CT molecular complexity index is 871. The minimum atomic E-state index is -0.279. The van der Waals surface area contributed by atoms with E-state index in [0.29, 0.717) is 10.8 Å². The first kappa shape index (κ1) is 17.0. The number of nitrogens with zero attached hydrogens (tertiary/aromatic N) is 1. The minimum Gasteiger partial charge on any atom is -0.282 e. The largest absolute Gasteiger partial charge is 0.290 e. The van der Waals surface area contributed by atoms with Crippen LogP contribution in [0.4, 0.5) is 4.79 Å². The SMILES string of the molecule is O=C1NC(=O)/C(=C(/c2cccc(-c3ccccn3)c2)C2CCCCC2)S1. The Morgan fingerprint density at radius 3 is 2.58 bits per heavy atom. The summed E-state index contributed by atoms with van der Waals surface area (Å²) in [5, 5.41) is 2.14. The third-order valence-corrected chi connectivity index (χ3v) is 5.91. The molecule has 1 saturated heterocycles. The zero-order valence-electron chi connectivity index (χ0n) is 14.4. The number of hydrogen-bond acceptors (Lipinski definition) is 4. The second kappa shape index (κ2) is 7.46. The van der Waals surface area contributed by atoms with E-state index in [1.165, 1.54) is 19.3 Å². The van der Waals surface area contributed by atoms with Crippen molar-refractivity contribution >= 4 is 28.5 Å². The standard InChI is InChI=1S/C21H20N2O2S/c24-20-19(26-21(25)23-20)18(14-7-2-1-3-8-14)16-10-6-9-15(13-16)17-11-4-5-12-22-17/h4-6,9-14H,1-3,7-8H2,(H,23,24,25)/b19-18-. The van der Waals surface area contributed by atoms with Gasteiger partial charge < -0.3 is 0 Å². The van der Waals surface area contributed by atoms with Crippen LogP contribution < -0.4 is 5.32 Å². The second-order valence-corrected chi connectivity index (χ2v) is 7.70. The predicted molar refractivity (Wildman–Crippen MR) is 104 cm³/mol. The summed E-state index contributed by atoms with van der Waals surface area (Å²) >= 11 is 1.04. The molecule has 1 aromatic carbocycles. The number of imide groups is 1. The van der Waals surface area contributed by atoms with Gasteiger partial charge in [-0.3, -0.25) is 19.9 Å². The molecule has 132 valence electrons. The van der Waals surface area contributed by atoms with Gasteiger partial charge in [0.25, 0.3) is 11.1 Å². The van der Waals surface area contributed by atoms with Crippen molar-refractivity contribution in [1.29, 1.82) is 0 Å². The zero-order valence-corrected chi connectivity index (χ0v) is 15.2. The number of benzene rings is 1. The molecule has 2 aliphatic rings. The quantitative estimate of drug-likeness (QED) is 0.777. The van der Waals surface area contributed by atoms with Crippen molar-refractivity contribution < 1.29 is 9.59 Å². The lowest BCUT2D eigenvalue weighted by molar-refractivity contribution is -0.115. The molecule has 1 aliphatic carbocycles. The van der Waals surface area contributed by atoms with Gasteiger partial charge in [0.05, 0.1) is 10.6 Å². The van der Waals surface area contributed by atoms with Crippen molar-refractivity contribution in [3.63, 3.8) is 0 Å². The maximum atomic E-state index is 12.4. The van der Waals surface area contributed by atoms with Crippen molar-refractivity contribution in [2.24, 2.45) is 5.92 Å². The van der Waals surface area contributed by atoms with Crippen molar-refractivity contribution in [2.75, 3.05) is 0 Å². The highest BCUT2D eigenvalue weighted by Crippen LogP contribution is 2.42. The zero-order chi connectivity index (χ0) is 17.9. The van der Waals surface area contributed by atoms with Crippen molar-refractivity contribution in [2.45, 2.75) is 32.1 Å². The van der Waals surface area contributed by atoms with E-state index in [-0.39, 0.29) is 11.1 Å². The van der Waals surface area contributed by atoms with Crippen LogP contribution >= 0.6 is 11.8 Å². The van der Waals surface area contributed by atoms with Crippen LogP contribution in [0.15, 0.2) is 53.6 Å². The molecule has 1 aromatic heterocycles. The molecule has 1 N–H and O–H groups in total. The number of carbonyl (C=O) groups excluding carboxylic acids is 2. The number of pyridine rings is 1. The maximum Gasteiger partial charge on any atom is 0.290 e. The number of thioether (sulfide) groups is 1. The Morgan fingerprint density at radius 1 is 1.04 bits per heavy atom. The third-order valence-electron chi connectivity index (χ3n) is 5.01. The number of nitrogens with one attached hydrogen (secondary N) is 1. The van der Waals surface area contributed by atoms with E-state index in [1.807, 2.05) is 36.4 Å². The highest BCUT2D eigenvalue weighted by molar-refractivity contribution is 8.18. The fraction of sp³-hybridized carbons (Fsp3) is 0.286. The monoisotopic (exact) mass is 364 g/mol. The summed E-state index contributed by atoms with van der Waals surface area (Å²) in [6.07, 6.45) is 7.49. The lowest BCUT2D eigenvalue weighted by atomic mass is 9.80. The molecule has 0 radical (unpaired) electrons. The molecule has 1 aliphatic heterocycles. The van der Waals surface area contributed by atoms with Gasteiger partial charge in [0.2, 0.25) is 0 Å². The molecule has 2 aromatic rings. The molecule has 2 fully saturated rings. The van der Waals surface area contributed by atoms with Gasteiger partial charge in [-0.1, -0.05) is 43.5 Å². The molecule has 0 bridgehead atoms. The summed E-state index contributed by atoms with van der Waals surface area (Å²) in [6, 6.07) is 14.0. The van der Waals surface area contributed by atoms with E-state index < -0.39 is 0 Å². The van der Waals surface area contributed by atoms with Crippen LogP contribution in [0, 0.1) is 5.92 Å². The van der Waals surface area contributed by atoms with E-state index in [9.17, 15) is 9.59 Å². The topological polar surface area (TPSA) is 59.1 Å². The Kier molecular flexibility index (Phi) is 4.89. The lowest BCUT2D eigenvalue weighted by Crippen LogP contribution is -2.19. The van der Waals surface area contributed by atoms with Crippen LogP contribution in [0.3, 0.4) is 0 Å². The minimum absolute atomic E-state index is 0.260. The van der Waals surface area contributed by atoms with Gasteiger partial charge in [0, 0.05) is 11.8 Å². The van der Waals surface area contributed by atoms with Crippen molar-refractivity contribution in [3.8, 4) is 11.3 Å². The van der Waals surface area contributed by atoms with Crippen LogP contribution in [0.5, 0.6) is 0 Å². The first-order chi connectivity index (χ1) is 12.7. The molecule has 1 saturated carbocycles. The summed E-state index contributed by atoms with van der Waals surface area (Å²) in [6.45, 7) is 0. The first-order valence-electron chi connectivity index (χ1n) is 9.01. The van der Waals surface area contributed by atoms with Gasteiger partial charge in [0.15, 0.2) is 0 Å². The first-order valence-corrected chi connectivity index (χ1v) is 9.83. The Labute approximate surface area is 157 Å². The normalized spacial score (nSPS) is 20.2. The fourth-order valence-corrected chi connectivity index (χ4v) is 4.68. The third kappa shape index (κ3) is 3.44. The average molecular weight is 364 g/mol. The molecular weight excluding hydrogens is 344 g/mol. The Morgan fingerprint density at radius 2 is 1.88 bits per heavy atom. The van der Waals surface area contributed by atoms with Crippen LogP contribution in [-0.4, -0.2) is 16.1 Å². The van der Waals surface area contributed by atoms with Gasteiger partial charge >= 0.3 is 0 Å². The van der Waals surface area contributed by atoms with E-state index in [0.717, 1.165) is 47.0 Å². The second-order valence-electron chi connectivity index (χ2n) is 6.72. The van der Waals surface area contributed by atoms with Crippen LogP contribution in [0.2, 0.25) is 0 Å². The highest BCUT2D eigenvalue weighted by Gasteiger charge is 2.32. The number of hydrogen-bond donors (Lipinski definition) is 1. The molecular formula is C21H20N2O2S. The predicted octanol–water partition coefficient (Wildman–Crippen LogP) is 5.02. The fourth-order valence-electron chi connectivity index (χ4n) is 3.81. The van der Waals surface area contributed by atoms with Gasteiger partial charge in [-0.2, -0.15) is 0 Å². The lowest BCUT2D eigenvalue weighted by Gasteiger charge is -2.26. The summed E-state index contributed by atoms with van der Waals surface area (Å²) < 4.78 is 0. The van der Waals surface area contributed by atoms with E-state index in [2.05, 4.69) is 16.4 Å². The smallest absolute Gasteiger partial charge is 0.282 e. The van der Waals surface area contributed by atoms with Gasteiger partial charge in [-0.25, -0.2) is 0 Å². The number of aromatic nitrogens is 1. The molecule has 5 heteroatoms. The summed E-state index contributed by atoms with van der Waals surface area (Å²) in [7, 11) is 0. The molecule has 4 rings (SSSR count). The van der Waals surface area contributed by atoms with Crippen LogP contribution in [0.25, 0.3) is 16.8 Å². The number of allylic oxidation sites excluding steroid dienone is 1. The molecule has 26 heavy (non-hydrogen) atoms. The number of carbonyl (C=O) groups is 2. The van der Waals surface area contributed by atoms with Crippen LogP contribution in [0.1, 0.15) is 37.7 Å². The van der Waals surface area contributed by atoms with Crippen LogP contribution in [-0.2, 0) is 4.79 Å². The summed E-state index contributed by atoms with van der Waals surface area (Å²) in [5.74, 6) is 0.0608. The summed E-state index contributed by atoms with van der Waals surface area (Å²) in [5.41, 5.74) is 3.97. The van der Waals surface area contributed by atoms with E-state index >= 15 is 0 Å². The van der Waals surface area contributed by atoms with Gasteiger partial charge in [-0.05, 0) is 59.9 Å². The molecule has 2 heterocycles. The maximum absolute atomic E-state index is 12.4. The molecule has 4 nitrogen and oxygen atoms in total. The highest BCUT2D eigenvalue weighted by atomic mass is 32.2. The molecule has 2 amide bonds. The molecule has 0 atom stereocenters. The van der Waals surface area contributed by atoms with E-state index in [4.69, 9.17) is 0 Å². The van der Waals surface area contributed by atoms with Crippen molar-refractivity contribution in [3.05, 3.63) is 59.1 Å². The molecule has 0 spiro atoms. The van der Waals surface area contributed by atoms with Gasteiger partial charge in [-0.15, -0.1) is 0 Å². The van der Waals surface area contributed by atoms with E-state index in [1.54, 1.807) is 6.20 Å².